The first-order valence-electron chi connectivity index (χ1n) is 41.2. The molecule has 3 N–H and O–H groups in total. The summed E-state index contributed by atoms with van der Waals surface area (Å²) in [7, 11) is -9.92. The Morgan fingerprint density at radius 2 is 0.485 bits per heavy atom. The minimum Gasteiger partial charge on any atom is -0.462 e. The van der Waals surface area contributed by atoms with Crippen LogP contribution in [-0.4, -0.2) is 96.7 Å². The quantitative estimate of drug-likeness (QED) is 0.0222. The van der Waals surface area contributed by atoms with Gasteiger partial charge in [-0.2, -0.15) is 0 Å². The number of unbranched alkanes of at least 4 members (excludes halogenated alkanes) is 42. The summed E-state index contributed by atoms with van der Waals surface area (Å²) in [5.41, 5.74) is 0. The molecule has 0 aliphatic carbocycles. The lowest BCUT2D eigenvalue weighted by molar-refractivity contribution is -0.161. The van der Waals surface area contributed by atoms with Gasteiger partial charge in [0.25, 0.3) is 0 Å². The van der Waals surface area contributed by atoms with Crippen LogP contribution in [0.2, 0.25) is 0 Å². The molecule has 0 heterocycles. The van der Waals surface area contributed by atoms with Crippen molar-refractivity contribution in [2.75, 3.05) is 39.6 Å². The predicted octanol–water partition coefficient (Wildman–Crippen LogP) is 23.6. The van der Waals surface area contributed by atoms with Crippen LogP contribution in [0.5, 0.6) is 0 Å². The van der Waals surface area contributed by atoms with E-state index in [0.29, 0.717) is 25.7 Å². The summed E-state index contributed by atoms with van der Waals surface area (Å²) in [6, 6.07) is 0. The lowest BCUT2D eigenvalue weighted by atomic mass is 10.00. The molecular formula is C80H156O17P2. The Hall–Kier alpha value is -1.94. The lowest BCUT2D eigenvalue weighted by Gasteiger charge is -2.21. The largest absolute Gasteiger partial charge is 0.472 e. The van der Waals surface area contributed by atoms with Crippen molar-refractivity contribution in [2.24, 2.45) is 23.7 Å². The summed E-state index contributed by atoms with van der Waals surface area (Å²) in [6.45, 7) is 14.2. The van der Waals surface area contributed by atoms with Gasteiger partial charge < -0.3 is 33.8 Å². The normalized spacial score (nSPS) is 14.3. The van der Waals surface area contributed by atoms with Crippen LogP contribution in [-0.2, 0) is 65.4 Å². The van der Waals surface area contributed by atoms with Crippen LogP contribution in [0, 0.1) is 23.7 Å². The fourth-order valence-corrected chi connectivity index (χ4v) is 13.8. The highest BCUT2D eigenvalue weighted by molar-refractivity contribution is 7.47. The van der Waals surface area contributed by atoms with Crippen LogP contribution in [0.3, 0.4) is 0 Å². The van der Waals surface area contributed by atoms with Crippen molar-refractivity contribution in [3.8, 4) is 0 Å². The Bertz CT molecular complexity index is 1940. The third-order valence-electron chi connectivity index (χ3n) is 18.9. The van der Waals surface area contributed by atoms with Gasteiger partial charge in [0.05, 0.1) is 26.4 Å². The van der Waals surface area contributed by atoms with Crippen molar-refractivity contribution in [3.05, 3.63) is 0 Å². The Morgan fingerprint density at radius 3 is 0.717 bits per heavy atom. The van der Waals surface area contributed by atoms with Gasteiger partial charge in [0.2, 0.25) is 0 Å². The van der Waals surface area contributed by atoms with E-state index in [0.717, 1.165) is 120 Å². The average Bonchev–Trinajstić information content (AvgIpc) is 0.976. The molecule has 0 aliphatic heterocycles. The number of esters is 4. The number of phosphoric acid groups is 2. The zero-order valence-electron chi connectivity index (χ0n) is 65.1. The Kier molecular flexibility index (Phi) is 67.8. The minimum atomic E-state index is -4.96. The number of ether oxygens (including phenoxy) is 4. The molecule has 0 spiro atoms. The smallest absolute Gasteiger partial charge is 0.462 e. The molecule has 0 bridgehead atoms. The number of rotatable bonds is 77. The maximum absolute atomic E-state index is 13.1. The molecule has 0 aromatic carbocycles. The second-order valence-electron chi connectivity index (χ2n) is 30.5. The highest BCUT2D eigenvalue weighted by Crippen LogP contribution is 2.45. The highest BCUT2D eigenvalue weighted by Gasteiger charge is 2.30. The number of carbonyl (C=O) groups is 4. The second-order valence-corrected chi connectivity index (χ2v) is 33.4. The van der Waals surface area contributed by atoms with Gasteiger partial charge >= 0.3 is 39.5 Å². The van der Waals surface area contributed by atoms with Crippen LogP contribution in [0.15, 0.2) is 0 Å². The first-order chi connectivity index (χ1) is 47.6. The fourth-order valence-electron chi connectivity index (χ4n) is 12.2. The van der Waals surface area contributed by atoms with Crippen molar-refractivity contribution >= 4 is 39.5 Å². The number of carbonyl (C=O) groups excluding carboxylic acids is 4. The van der Waals surface area contributed by atoms with Crippen LogP contribution >= 0.6 is 15.6 Å². The summed E-state index contributed by atoms with van der Waals surface area (Å²) in [4.78, 5) is 73.0. The zero-order valence-corrected chi connectivity index (χ0v) is 66.9. The molecule has 3 unspecified atom stereocenters. The van der Waals surface area contributed by atoms with E-state index in [9.17, 15) is 43.2 Å². The van der Waals surface area contributed by atoms with E-state index < -0.39 is 97.5 Å². The van der Waals surface area contributed by atoms with Crippen LogP contribution < -0.4 is 0 Å². The van der Waals surface area contributed by atoms with Crippen LogP contribution in [0.25, 0.3) is 0 Å². The standard InChI is InChI=1S/C80H156O17P2/c1-9-73(8)59-51-43-38-39-45-53-61-78(83)91-67-76(97-80(85)63-55-47-37-31-25-24-28-34-42-50-58-72(6)7)69-95-99(88,89)93-65-74(81)64-92-98(86,87)94-68-75(66-90-77(82)60-52-44-35-29-22-19-18-21-27-33-41-49-57-71(4)5)96-79(84)62-54-46-36-30-23-17-15-13-11-10-12-14-16-20-26-32-40-48-56-70(2)3/h70-76,81H,9-69H2,1-8H3,(H,86,87)(H,88,89)/t73?,74-,75-,76-/m1/s1. The average molecular weight is 1450 g/mol. The Labute approximate surface area is 607 Å². The van der Waals surface area contributed by atoms with Crippen molar-refractivity contribution in [3.63, 3.8) is 0 Å². The molecule has 6 atom stereocenters. The van der Waals surface area contributed by atoms with E-state index in [1.54, 1.807) is 0 Å². The van der Waals surface area contributed by atoms with E-state index in [1.807, 2.05) is 0 Å². The molecule has 0 radical (unpaired) electrons. The summed E-state index contributed by atoms with van der Waals surface area (Å²) >= 11 is 0. The predicted molar refractivity (Wildman–Crippen MR) is 404 cm³/mol. The topological polar surface area (TPSA) is 237 Å². The molecule has 0 aromatic heterocycles. The third kappa shape index (κ3) is 72.8. The number of hydrogen-bond acceptors (Lipinski definition) is 15. The van der Waals surface area contributed by atoms with Gasteiger partial charge in [0.1, 0.15) is 19.3 Å². The number of aliphatic hydroxyl groups is 1. The molecule has 0 saturated heterocycles. The summed E-state index contributed by atoms with van der Waals surface area (Å²) in [5.74, 6) is 0.968. The van der Waals surface area contributed by atoms with E-state index in [2.05, 4.69) is 55.4 Å². The zero-order chi connectivity index (χ0) is 73.1. The Balaban J connectivity index is 5.23. The summed E-state index contributed by atoms with van der Waals surface area (Å²) < 4.78 is 68.7. The first-order valence-corrected chi connectivity index (χ1v) is 44.2. The number of aliphatic hydroxyl groups excluding tert-OH is 1. The van der Waals surface area contributed by atoms with Crippen molar-refractivity contribution in [1.29, 1.82) is 0 Å². The third-order valence-corrected chi connectivity index (χ3v) is 20.8. The molecule has 0 amide bonds. The van der Waals surface area contributed by atoms with Gasteiger partial charge in [0, 0.05) is 25.7 Å². The van der Waals surface area contributed by atoms with Gasteiger partial charge in [-0.25, -0.2) is 9.13 Å². The molecular weight excluding hydrogens is 1290 g/mol. The second kappa shape index (κ2) is 69.1. The van der Waals surface area contributed by atoms with E-state index >= 15 is 0 Å². The molecule has 0 aromatic rings. The number of hydrogen-bond donors (Lipinski definition) is 3. The van der Waals surface area contributed by atoms with Crippen molar-refractivity contribution < 1.29 is 80.2 Å². The van der Waals surface area contributed by atoms with Gasteiger partial charge in [-0.1, -0.05) is 357 Å². The van der Waals surface area contributed by atoms with Crippen molar-refractivity contribution in [2.45, 2.75) is 427 Å². The molecule has 0 aliphatic rings. The van der Waals surface area contributed by atoms with Crippen LogP contribution in [0.1, 0.15) is 409 Å². The highest BCUT2D eigenvalue weighted by atomic mass is 31.2. The van der Waals surface area contributed by atoms with E-state index in [1.165, 1.54) is 205 Å². The van der Waals surface area contributed by atoms with E-state index in [4.69, 9.17) is 37.0 Å². The van der Waals surface area contributed by atoms with Crippen molar-refractivity contribution in [1.82, 2.24) is 0 Å². The summed E-state index contributed by atoms with van der Waals surface area (Å²) in [6.07, 6.45) is 55.6. The molecule has 17 nitrogen and oxygen atoms in total. The molecule has 588 valence electrons. The lowest BCUT2D eigenvalue weighted by Crippen LogP contribution is -2.30. The fraction of sp³-hybridized carbons (Fsp3) is 0.950. The Morgan fingerprint density at radius 1 is 0.283 bits per heavy atom. The molecule has 19 heteroatoms. The van der Waals surface area contributed by atoms with Gasteiger partial charge in [0.15, 0.2) is 12.2 Å². The van der Waals surface area contributed by atoms with Crippen LogP contribution in [0.4, 0.5) is 0 Å². The molecule has 0 saturated carbocycles. The monoisotopic (exact) mass is 1450 g/mol. The summed E-state index contributed by atoms with van der Waals surface area (Å²) in [5, 5.41) is 10.6. The van der Waals surface area contributed by atoms with Gasteiger partial charge in [-0.05, 0) is 49.4 Å². The molecule has 0 fully saturated rings. The minimum absolute atomic E-state index is 0.105. The maximum atomic E-state index is 13.1. The van der Waals surface area contributed by atoms with Gasteiger partial charge in [-0.3, -0.25) is 37.3 Å². The molecule has 0 rings (SSSR count). The SMILES string of the molecule is CCC(C)CCCCCCCCC(=O)OC[C@H](COP(=O)(O)OC[C@H](O)COP(=O)(O)OC[C@@H](COC(=O)CCCCCCCCCCCCCCC(C)C)OC(=O)CCCCCCCCCCCCCCCCCCCCC(C)C)OC(=O)CCCCCCCCCCCCC(C)C. The van der Waals surface area contributed by atoms with Gasteiger partial charge in [-0.15, -0.1) is 0 Å². The first kappa shape index (κ1) is 97.1. The number of phosphoric ester groups is 2. The van der Waals surface area contributed by atoms with E-state index in [-0.39, 0.29) is 25.7 Å². The maximum Gasteiger partial charge on any atom is 0.472 e. The molecule has 99 heavy (non-hydrogen) atoms.